The molecule has 0 unspecified atom stereocenters. The van der Waals surface area contributed by atoms with Crippen molar-refractivity contribution < 1.29 is 22.6 Å². The van der Waals surface area contributed by atoms with Crippen molar-refractivity contribution in [3.05, 3.63) is 59.3 Å². The Morgan fingerprint density at radius 3 is 2.38 bits per heavy atom. The van der Waals surface area contributed by atoms with Gasteiger partial charge in [-0.2, -0.15) is 18.2 Å². The molecule has 150 valence electrons. The third-order valence-electron chi connectivity index (χ3n) is 4.49. The molecule has 29 heavy (non-hydrogen) atoms. The van der Waals surface area contributed by atoms with E-state index in [4.69, 9.17) is 9.47 Å². The number of rotatable bonds is 4. The van der Waals surface area contributed by atoms with Crippen molar-refractivity contribution in [1.82, 2.24) is 9.97 Å². The second kappa shape index (κ2) is 7.16. The number of ether oxygens (including phenoxy) is 2. The van der Waals surface area contributed by atoms with Gasteiger partial charge in [0.25, 0.3) is 0 Å². The summed E-state index contributed by atoms with van der Waals surface area (Å²) in [5.74, 6) is 0.666. The number of benzene rings is 2. The Kier molecular flexibility index (Phi) is 4.65. The molecule has 0 aliphatic carbocycles. The lowest BCUT2D eigenvalue weighted by Crippen LogP contribution is -2.12. The highest BCUT2D eigenvalue weighted by atomic mass is 19.4. The lowest BCUT2D eigenvalue weighted by atomic mass is 10.1. The van der Waals surface area contributed by atoms with Crippen LogP contribution in [0.5, 0.6) is 11.5 Å². The van der Waals surface area contributed by atoms with Gasteiger partial charge >= 0.3 is 6.18 Å². The number of aromatic nitrogens is 2. The SMILES string of the molecule is Cc1ccc(Nc2ncc(C(F)(F)F)c(Nc3ccc4c(c3)OCO4)n2)cc1C. The largest absolute Gasteiger partial charge is 0.454 e. The number of hydrogen-bond acceptors (Lipinski definition) is 6. The van der Waals surface area contributed by atoms with Crippen LogP contribution in [0.15, 0.2) is 42.6 Å². The highest BCUT2D eigenvalue weighted by Gasteiger charge is 2.35. The molecule has 1 aromatic heterocycles. The number of nitrogens with zero attached hydrogens (tertiary/aromatic N) is 2. The molecule has 1 aliphatic heterocycles. The van der Waals surface area contributed by atoms with Gasteiger partial charge in [0.1, 0.15) is 11.4 Å². The van der Waals surface area contributed by atoms with E-state index in [0.29, 0.717) is 22.9 Å². The van der Waals surface area contributed by atoms with Crippen LogP contribution in [-0.2, 0) is 6.18 Å². The maximum atomic E-state index is 13.4. The van der Waals surface area contributed by atoms with Gasteiger partial charge in [0.2, 0.25) is 12.7 Å². The Bertz CT molecular complexity index is 1070. The van der Waals surface area contributed by atoms with Crippen LogP contribution in [0.2, 0.25) is 0 Å². The topological polar surface area (TPSA) is 68.3 Å². The molecule has 6 nitrogen and oxygen atoms in total. The standard InChI is InChI=1S/C20H17F3N4O2/c1-11-3-4-13(7-12(11)2)26-19-24-9-15(20(21,22)23)18(27-19)25-14-5-6-16-17(8-14)29-10-28-16/h3-9H,10H2,1-2H3,(H2,24,25,26,27). The molecule has 0 radical (unpaired) electrons. The van der Waals surface area contributed by atoms with Gasteiger partial charge in [0.05, 0.1) is 0 Å². The number of hydrogen-bond donors (Lipinski definition) is 2. The summed E-state index contributed by atoms with van der Waals surface area (Å²) in [4.78, 5) is 7.88. The van der Waals surface area contributed by atoms with E-state index in [9.17, 15) is 13.2 Å². The lowest BCUT2D eigenvalue weighted by Gasteiger charge is -2.15. The van der Waals surface area contributed by atoms with Crippen LogP contribution in [0.25, 0.3) is 0 Å². The predicted octanol–water partition coefficient (Wildman–Crippen LogP) is 5.33. The predicted molar refractivity (Wildman–Crippen MR) is 102 cm³/mol. The van der Waals surface area contributed by atoms with Crippen LogP contribution in [0.1, 0.15) is 16.7 Å². The number of alkyl halides is 3. The molecule has 2 N–H and O–H groups in total. The average molecular weight is 402 g/mol. The van der Waals surface area contributed by atoms with E-state index in [1.165, 1.54) is 0 Å². The van der Waals surface area contributed by atoms with E-state index >= 15 is 0 Å². The Morgan fingerprint density at radius 2 is 1.62 bits per heavy atom. The molecule has 3 aromatic rings. The fraction of sp³-hybridized carbons (Fsp3) is 0.200. The fourth-order valence-electron chi connectivity index (χ4n) is 2.80. The van der Waals surface area contributed by atoms with E-state index in [0.717, 1.165) is 17.3 Å². The Balaban J connectivity index is 1.66. The van der Waals surface area contributed by atoms with Crippen molar-refractivity contribution in [2.45, 2.75) is 20.0 Å². The van der Waals surface area contributed by atoms with E-state index in [1.807, 2.05) is 32.0 Å². The van der Waals surface area contributed by atoms with Crippen molar-refractivity contribution in [2.75, 3.05) is 17.4 Å². The molecule has 0 bridgehead atoms. The second-order valence-electron chi connectivity index (χ2n) is 6.57. The van der Waals surface area contributed by atoms with Gasteiger partial charge in [-0.05, 0) is 49.2 Å². The molecule has 9 heteroatoms. The maximum Gasteiger partial charge on any atom is 0.421 e. The van der Waals surface area contributed by atoms with Gasteiger partial charge in [0.15, 0.2) is 11.5 Å². The van der Waals surface area contributed by atoms with Crippen molar-refractivity contribution >= 4 is 23.1 Å². The minimum atomic E-state index is -4.61. The van der Waals surface area contributed by atoms with E-state index < -0.39 is 11.7 Å². The first-order valence-electron chi connectivity index (χ1n) is 8.75. The van der Waals surface area contributed by atoms with Gasteiger partial charge in [0, 0.05) is 23.6 Å². The highest BCUT2D eigenvalue weighted by molar-refractivity contribution is 5.66. The van der Waals surface area contributed by atoms with Crippen LogP contribution >= 0.6 is 0 Å². The summed E-state index contributed by atoms with van der Waals surface area (Å²) in [6, 6.07) is 10.4. The van der Waals surface area contributed by atoms with Crippen molar-refractivity contribution in [3.63, 3.8) is 0 Å². The third kappa shape index (κ3) is 4.03. The van der Waals surface area contributed by atoms with Crippen molar-refractivity contribution in [2.24, 2.45) is 0 Å². The summed E-state index contributed by atoms with van der Waals surface area (Å²) < 4.78 is 50.8. The van der Waals surface area contributed by atoms with Crippen LogP contribution in [-0.4, -0.2) is 16.8 Å². The fourth-order valence-corrected chi connectivity index (χ4v) is 2.80. The van der Waals surface area contributed by atoms with Gasteiger partial charge in [-0.3, -0.25) is 0 Å². The van der Waals surface area contributed by atoms with Crippen LogP contribution in [0.4, 0.5) is 36.3 Å². The first-order chi connectivity index (χ1) is 13.8. The van der Waals surface area contributed by atoms with Gasteiger partial charge < -0.3 is 20.1 Å². The van der Waals surface area contributed by atoms with Crippen LogP contribution < -0.4 is 20.1 Å². The maximum absolute atomic E-state index is 13.4. The van der Waals surface area contributed by atoms with Crippen molar-refractivity contribution in [3.8, 4) is 11.5 Å². The summed E-state index contributed by atoms with van der Waals surface area (Å²) >= 11 is 0. The zero-order valence-corrected chi connectivity index (χ0v) is 15.6. The number of nitrogens with one attached hydrogen (secondary N) is 2. The Labute approximate surface area is 164 Å². The molecule has 0 fully saturated rings. The summed E-state index contributed by atoms with van der Waals surface area (Å²) in [5.41, 5.74) is 2.24. The van der Waals surface area contributed by atoms with E-state index in [2.05, 4.69) is 20.6 Å². The molecular formula is C20H17F3N4O2. The second-order valence-corrected chi connectivity index (χ2v) is 6.57. The molecule has 4 rings (SSSR count). The van der Waals surface area contributed by atoms with E-state index in [1.54, 1.807) is 18.2 Å². The number of aryl methyl sites for hydroxylation is 2. The minimum absolute atomic E-state index is 0.0458. The number of anilines is 4. The normalized spacial score (nSPS) is 12.7. The zero-order chi connectivity index (χ0) is 20.6. The molecule has 2 heterocycles. The van der Waals surface area contributed by atoms with Gasteiger partial charge in [-0.1, -0.05) is 6.07 Å². The smallest absolute Gasteiger partial charge is 0.421 e. The monoisotopic (exact) mass is 402 g/mol. The highest BCUT2D eigenvalue weighted by Crippen LogP contribution is 2.38. The molecule has 0 spiro atoms. The molecule has 0 amide bonds. The molecule has 0 atom stereocenters. The summed E-state index contributed by atoms with van der Waals surface area (Å²) in [6.07, 6.45) is -3.86. The lowest BCUT2D eigenvalue weighted by molar-refractivity contribution is -0.137. The summed E-state index contributed by atoms with van der Waals surface area (Å²) in [7, 11) is 0. The zero-order valence-electron chi connectivity index (χ0n) is 15.6. The molecular weight excluding hydrogens is 385 g/mol. The molecule has 0 saturated heterocycles. The number of fused-ring (bicyclic) bond motifs is 1. The summed E-state index contributed by atoms with van der Waals surface area (Å²) in [6.45, 7) is 3.99. The quantitative estimate of drug-likeness (QED) is 0.615. The van der Waals surface area contributed by atoms with E-state index in [-0.39, 0.29) is 18.6 Å². The van der Waals surface area contributed by atoms with Crippen LogP contribution in [0.3, 0.4) is 0 Å². The van der Waals surface area contributed by atoms with Crippen LogP contribution in [0, 0.1) is 13.8 Å². The molecule has 1 aliphatic rings. The first-order valence-corrected chi connectivity index (χ1v) is 8.75. The first kappa shape index (κ1) is 18.9. The average Bonchev–Trinajstić information content (AvgIpc) is 3.12. The Hall–Kier alpha value is -3.49. The van der Waals surface area contributed by atoms with Crippen molar-refractivity contribution in [1.29, 1.82) is 0 Å². The van der Waals surface area contributed by atoms with Gasteiger partial charge in [-0.25, -0.2) is 4.98 Å². The summed E-state index contributed by atoms with van der Waals surface area (Å²) in [5, 5.41) is 5.65. The Morgan fingerprint density at radius 1 is 0.897 bits per heavy atom. The minimum Gasteiger partial charge on any atom is -0.454 e. The number of halogens is 3. The molecule has 0 saturated carbocycles. The van der Waals surface area contributed by atoms with Gasteiger partial charge in [-0.15, -0.1) is 0 Å². The molecule has 2 aromatic carbocycles. The third-order valence-corrected chi connectivity index (χ3v) is 4.49.